The number of rotatable bonds is 6. The average Bonchev–Trinajstić information content (AvgIpc) is 2.57. The van der Waals surface area contributed by atoms with Gasteiger partial charge in [0, 0.05) is 11.6 Å². The number of benzene rings is 2. The van der Waals surface area contributed by atoms with Crippen LogP contribution in [0.5, 0.6) is 0 Å². The lowest BCUT2D eigenvalue weighted by molar-refractivity contribution is 0.0930. The lowest BCUT2D eigenvalue weighted by atomic mass is 10.1. The molecule has 0 spiro atoms. The van der Waals surface area contributed by atoms with E-state index in [0.717, 1.165) is 11.1 Å². The van der Waals surface area contributed by atoms with Crippen molar-refractivity contribution >= 4 is 21.6 Å². The van der Waals surface area contributed by atoms with E-state index in [0.29, 0.717) is 16.8 Å². The Morgan fingerprint density at radius 2 is 1.56 bits per heavy atom. The second-order valence-corrected chi connectivity index (χ2v) is 9.06. The zero-order valence-electron chi connectivity index (χ0n) is 16.8. The van der Waals surface area contributed by atoms with E-state index in [9.17, 15) is 13.2 Å². The molecule has 0 saturated carbocycles. The van der Waals surface area contributed by atoms with Crippen LogP contribution in [0.15, 0.2) is 41.3 Å². The molecule has 0 unspecified atom stereocenters. The maximum atomic E-state index is 12.9. The van der Waals surface area contributed by atoms with E-state index in [1.165, 1.54) is 6.07 Å². The lowest BCUT2D eigenvalue weighted by Gasteiger charge is -2.18. The fourth-order valence-electron chi connectivity index (χ4n) is 2.53. The minimum Gasteiger partial charge on any atom is -0.349 e. The monoisotopic (exact) mass is 388 g/mol. The van der Waals surface area contributed by atoms with Crippen LogP contribution in [0.4, 0.5) is 5.69 Å². The van der Waals surface area contributed by atoms with Crippen molar-refractivity contribution in [2.75, 3.05) is 4.72 Å². The lowest BCUT2D eigenvalue weighted by Crippen LogP contribution is -2.36. The van der Waals surface area contributed by atoms with Crippen molar-refractivity contribution in [1.29, 1.82) is 0 Å². The Balaban J connectivity index is 2.36. The average molecular weight is 389 g/mol. The molecule has 5 nitrogen and oxygen atoms in total. The molecule has 2 N–H and O–H groups in total. The molecule has 27 heavy (non-hydrogen) atoms. The normalized spacial score (nSPS) is 12.7. The standard InChI is InChI=1S/C21H28N2O3S/c1-13(2)17(6)22-21(24)18-10-9-16(5)20(12-18)27(25,26)23-19-11-14(3)7-8-15(19)4/h7-13,17,23H,1-6H3,(H,22,24)/t17-/m0/s1. The van der Waals surface area contributed by atoms with Crippen molar-refractivity contribution in [3.63, 3.8) is 0 Å². The quantitative estimate of drug-likeness (QED) is 0.779. The van der Waals surface area contributed by atoms with Crippen molar-refractivity contribution < 1.29 is 13.2 Å². The number of hydrogen-bond acceptors (Lipinski definition) is 3. The molecule has 2 aromatic carbocycles. The summed E-state index contributed by atoms with van der Waals surface area (Å²) in [6.45, 7) is 11.4. The van der Waals surface area contributed by atoms with Crippen LogP contribution in [0, 0.1) is 26.7 Å². The SMILES string of the molecule is Cc1ccc(C)c(NS(=O)(=O)c2cc(C(=O)N[C@@H](C)C(C)C)ccc2C)c1. The van der Waals surface area contributed by atoms with Crippen molar-refractivity contribution in [2.45, 2.75) is 52.5 Å². The molecule has 0 aliphatic heterocycles. The van der Waals surface area contributed by atoms with Crippen molar-refractivity contribution in [3.8, 4) is 0 Å². The van der Waals surface area contributed by atoms with Crippen LogP contribution in [-0.4, -0.2) is 20.4 Å². The van der Waals surface area contributed by atoms with Crippen LogP contribution in [0.3, 0.4) is 0 Å². The molecule has 6 heteroatoms. The molecule has 1 atom stereocenters. The number of carbonyl (C=O) groups excluding carboxylic acids is 1. The molecule has 0 aliphatic carbocycles. The first kappa shape index (κ1) is 21.0. The molecular weight excluding hydrogens is 360 g/mol. The van der Waals surface area contributed by atoms with Gasteiger partial charge in [-0.05, 0) is 68.5 Å². The summed E-state index contributed by atoms with van der Waals surface area (Å²) >= 11 is 0. The zero-order valence-corrected chi connectivity index (χ0v) is 17.6. The Kier molecular flexibility index (Phi) is 6.31. The van der Waals surface area contributed by atoms with Crippen LogP contribution in [-0.2, 0) is 10.0 Å². The smallest absolute Gasteiger partial charge is 0.262 e. The summed E-state index contributed by atoms with van der Waals surface area (Å²) in [7, 11) is -3.81. The number of nitrogens with one attached hydrogen (secondary N) is 2. The van der Waals surface area contributed by atoms with Gasteiger partial charge < -0.3 is 5.32 Å². The molecule has 0 aromatic heterocycles. The highest BCUT2D eigenvalue weighted by Crippen LogP contribution is 2.24. The van der Waals surface area contributed by atoms with Crippen LogP contribution in [0.25, 0.3) is 0 Å². The van der Waals surface area contributed by atoms with Crippen LogP contribution in [0.2, 0.25) is 0 Å². The first-order valence-corrected chi connectivity index (χ1v) is 10.5. The summed E-state index contributed by atoms with van der Waals surface area (Å²) in [4.78, 5) is 12.6. The van der Waals surface area contributed by atoms with Gasteiger partial charge in [-0.25, -0.2) is 8.42 Å². The third-order valence-corrected chi connectivity index (χ3v) is 6.24. The summed E-state index contributed by atoms with van der Waals surface area (Å²) in [5, 5.41) is 2.91. The Morgan fingerprint density at radius 1 is 0.926 bits per heavy atom. The van der Waals surface area contributed by atoms with Crippen molar-refractivity contribution in [3.05, 3.63) is 58.7 Å². The van der Waals surface area contributed by atoms with Gasteiger partial charge in [-0.3, -0.25) is 9.52 Å². The molecule has 1 amide bonds. The Morgan fingerprint density at radius 3 is 2.19 bits per heavy atom. The van der Waals surface area contributed by atoms with Gasteiger partial charge in [0.25, 0.3) is 15.9 Å². The summed E-state index contributed by atoms with van der Waals surface area (Å²) in [5.41, 5.74) is 3.25. The van der Waals surface area contributed by atoms with Gasteiger partial charge in [0.15, 0.2) is 0 Å². The Bertz CT molecular complexity index is 950. The highest BCUT2D eigenvalue weighted by atomic mass is 32.2. The largest absolute Gasteiger partial charge is 0.349 e. The van der Waals surface area contributed by atoms with E-state index in [1.807, 2.05) is 46.8 Å². The van der Waals surface area contributed by atoms with Crippen LogP contribution in [0.1, 0.15) is 47.8 Å². The first-order valence-electron chi connectivity index (χ1n) is 9.03. The van der Waals surface area contributed by atoms with E-state index in [-0.39, 0.29) is 22.8 Å². The third kappa shape index (κ3) is 5.10. The van der Waals surface area contributed by atoms with E-state index in [2.05, 4.69) is 10.0 Å². The minimum absolute atomic E-state index is 0.00747. The topological polar surface area (TPSA) is 75.3 Å². The molecule has 2 aromatic rings. The van der Waals surface area contributed by atoms with Gasteiger partial charge in [-0.15, -0.1) is 0 Å². The molecule has 0 radical (unpaired) electrons. The van der Waals surface area contributed by atoms with Gasteiger partial charge in [0.1, 0.15) is 0 Å². The fourth-order valence-corrected chi connectivity index (χ4v) is 3.93. The fraction of sp³-hybridized carbons (Fsp3) is 0.381. The third-order valence-electron chi connectivity index (χ3n) is 4.74. The molecule has 0 heterocycles. The van der Waals surface area contributed by atoms with Crippen molar-refractivity contribution in [2.24, 2.45) is 5.92 Å². The van der Waals surface area contributed by atoms with Gasteiger partial charge in [-0.1, -0.05) is 32.0 Å². The van der Waals surface area contributed by atoms with Crippen LogP contribution >= 0.6 is 0 Å². The maximum Gasteiger partial charge on any atom is 0.262 e. The second-order valence-electron chi connectivity index (χ2n) is 7.41. The molecule has 0 aliphatic rings. The van der Waals surface area contributed by atoms with E-state index >= 15 is 0 Å². The van der Waals surface area contributed by atoms with Gasteiger partial charge in [-0.2, -0.15) is 0 Å². The highest BCUT2D eigenvalue weighted by molar-refractivity contribution is 7.92. The minimum atomic E-state index is -3.81. The predicted molar refractivity (Wildman–Crippen MR) is 110 cm³/mol. The van der Waals surface area contributed by atoms with E-state index < -0.39 is 10.0 Å². The summed E-state index contributed by atoms with van der Waals surface area (Å²) < 4.78 is 28.5. The van der Waals surface area contributed by atoms with Gasteiger partial charge in [0.05, 0.1) is 10.6 Å². The van der Waals surface area contributed by atoms with Gasteiger partial charge in [0.2, 0.25) is 0 Å². The molecule has 146 valence electrons. The number of amides is 1. The second kappa shape index (κ2) is 8.13. The number of hydrogen-bond donors (Lipinski definition) is 2. The van der Waals surface area contributed by atoms with Gasteiger partial charge >= 0.3 is 0 Å². The first-order chi connectivity index (χ1) is 12.5. The molecule has 0 fully saturated rings. The number of sulfonamides is 1. The van der Waals surface area contributed by atoms with E-state index in [4.69, 9.17) is 0 Å². The Labute approximate surface area is 162 Å². The molecular formula is C21H28N2O3S. The maximum absolute atomic E-state index is 12.9. The number of carbonyl (C=O) groups is 1. The zero-order chi connectivity index (χ0) is 20.4. The number of aryl methyl sites for hydroxylation is 3. The molecule has 0 bridgehead atoms. The van der Waals surface area contributed by atoms with Crippen molar-refractivity contribution in [1.82, 2.24) is 5.32 Å². The molecule has 0 saturated heterocycles. The highest BCUT2D eigenvalue weighted by Gasteiger charge is 2.21. The number of anilines is 1. The summed E-state index contributed by atoms with van der Waals surface area (Å²) in [6.07, 6.45) is 0. The van der Waals surface area contributed by atoms with Crippen LogP contribution < -0.4 is 10.0 Å². The predicted octanol–water partition coefficient (Wildman–Crippen LogP) is 4.19. The summed E-state index contributed by atoms with van der Waals surface area (Å²) in [5.74, 6) is 0.00736. The summed E-state index contributed by atoms with van der Waals surface area (Å²) in [6, 6.07) is 10.3. The Hall–Kier alpha value is -2.34. The van der Waals surface area contributed by atoms with E-state index in [1.54, 1.807) is 25.1 Å². The molecule has 2 rings (SSSR count).